The summed E-state index contributed by atoms with van der Waals surface area (Å²) < 4.78 is 24.4. The maximum absolute atomic E-state index is 13.4. The Morgan fingerprint density at radius 3 is 2.85 bits per heavy atom. The van der Waals surface area contributed by atoms with Crippen LogP contribution >= 0.6 is 0 Å². The minimum Gasteiger partial charge on any atom is -0.495 e. The van der Waals surface area contributed by atoms with Gasteiger partial charge in [-0.1, -0.05) is 6.07 Å². The van der Waals surface area contributed by atoms with Gasteiger partial charge >= 0.3 is 0 Å². The van der Waals surface area contributed by atoms with Gasteiger partial charge in [-0.3, -0.25) is 9.78 Å². The first kappa shape index (κ1) is 16.7. The number of anilines is 1. The molecule has 0 unspecified atom stereocenters. The molecule has 0 atom stereocenters. The monoisotopic (exact) mass is 363 g/mol. The number of fused-ring (bicyclic) bond motifs is 1. The van der Waals surface area contributed by atoms with Crippen LogP contribution in [0.3, 0.4) is 0 Å². The van der Waals surface area contributed by atoms with Crippen LogP contribution in [0.1, 0.15) is 10.4 Å². The summed E-state index contributed by atoms with van der Waals surface area (Å²) in [5.74, 6) is -0.0849. The number of halogens is 1. The van der Waals surface area contributed by atoms with Crippen LogP contribution in [0, 0.1) is 5.82 Å². The standard InChI is InChI=1S/C20H14FN3O3/c1-26-17-6-5-13(20-24-16-11-22-8-7-18(16)27-20)10-15(17)23-19(25)12-3-2-4-14(21)9-12/h2-11H,1H3,(H,23,25). The maximum Gasteiger partial charge on any atom is 0.255 e. The highest BCUT2D eigenvalue weighted by Gasteiger charge is 2.14. The predicted molar refractivity (Wildman–Crippen MR) is 98.1 cm³/mol. The zero-order valence-electron chi connectivity index (χ0n) is 14.3. The van der Waals surface area contributed by atoms with E-state index in [0.29, 0.717) is 34.0 Å². The number of amides is 1. The number of nitrogens with one attached hydrogen (secondary N) is 1. The molecule has 7 heteroatoms. The van der Waals surface area contributed by atoms with E-state index < -0.39 is 11.7 Å². The number of hydrogen-bond donors (Lipinski definition) is 1. The molecular formula is C20H14FN3O3. The molecule has 2 heterocycles. The normalized spacial score (nSPS) is 10.7. The molecule has 2 aromatic heterocycles. The summed E-state index contributed by atoms with van der Waals surface area (Å²) in [4.78, 5) is 20.9. The van der Waals surface area contributed by atoms with Gasteiger partial charge in [0.2, 0.25) is 5.89 Å². The third-order valence-electron chi connectivity index (χ3n) is 3.97. The van der Waals surface area contributed by atoms with Gasteiger partial charge in [0.1, 0.15) is 17.1 Å². The first-order valence-electron chi connectivity index (χ1n) is 8.10. The molecule has 1 N–H and O–H groups in total. The molecule has 0 bridgehead atoms. The number of ether oxygens (including phenoxy) is 1. The smallest absolute Gasteiger partial charge is 0.255 e. The fourth-order valence-corrected chi connectivity index (χ4v) is 2.67. The Balaban J connectivity index is 1.69. The Bertz CT molecular complexity index is 1110. The molecule has 0 radical (unpaired) electrons. The van der Waals surface area contributed by atoms with Crippen molar-refractivity contribution in [3.63, 3.8) is 0 Å². The molecule has 0 aliphatic rings. The molecule has 4 rings (SSSR count). The summed E-state index contributed by atoms with van der Waals surface area (Å²) in [5.41, 5.74) is 2.52. The van der Waals surface area contributed by atoms with Crippen LogP contribution in [0.25, 0.3) is 22.6 Å². The number of carbonyl (C=O) groups is 1. The van der Waals surface area contributed by atoms with Crippen molar-refractivity contribution >= 4 is 22.7 Å². The van der Waals surface area contributed by atoms with E-state index in [-0.39, 0.29) is 5.56 Å². The average molecular weight is 363 g/mol. The van der Waals surface area contributed by atoms with Crippen LogP contribution in [0.2, 0.25) is 0 Å². The van der Waals surface area contributed by atoms with Crippen LogP contribution in [0.5, 0.6) is 5.75 Å². The van der Waals surface area contributed by atoms with Gasteiger partial charge in [0.15, 0.2) is 5.58 Å². The maximum atomic E-state index is 13.4. The number of nitrogens with zero attached hydrogens (tertiary/aromatic N) is 2. The van der Waals surface area contributed by atoms with Gasteiger partial charge in [0.25, 0.3) is 5.91 Å². The van der Waals surface area contributed by atoms with E-state index in [2.05, 4.69) is 15.3 Å². The van der Waals surface area contributed by atoms with E-state index >= 15 is 0 Å². The number of carbonyl (C=O) groups excluding carboxylic acids is 1. The number of hydrogen-bond acceptors (Lipinski definition) is 5. The quantitative estimate of drug-likeness (QED) is 0.585. The summed E-state index contributed by atoms with van der Waals surface area (Å²) >= 11 is 0. The summed E-state index contributed by atoms with van der Waals surface area (Å²) in [6.45, 7) is 0. The Morgan fingerprint density at radius 1 is 1.19 bits per heavy atom. The molecule has 134 valence electrons. The zero-order chi connectivity index (χ0) is 18.8. The number of pyridine rings is 1. The summed E-state index contributed by atoms with van der Waals surface area (Å²) in [5, 5.41) is 2.74. The van der Waals surface area contributed by atoms with E-state index in [9.17, 15) is 9.18 Å². The lowest BCUT2D eigenvalue weighted by atomic mass is 10.1. The number of benzene rings is 2. The van der Waals surface area contributed by atoms with Gasteiger partial charge in [-0.15, -0.1) is 0 Å². The van der Waals surface area contributed by atoms with Crippen molar-refractivity contribution in [3.8, 4) is 17.2 Å². The molecular weight excluding hydrogens is 349 g/mol. The van der Waals surface area contributed by atoms with Gasteiger partial charge in [-0.2, -0.15) is 0 Å². The van der Waals surface area contributed by atoms with Crippen molar-refractivity contribution < 1.29 is 18.3 Å². The van der Waals surface area contributed by atoms with Crippen LogP contribution < -0.4 is 10.1 Å². The summed E-state index contributed by atoms with van der Waals surface area (Å²) in [7, 11) is 1.50. The Hall–Kier alpha value is -3.74. The lowest BCUT2D eigenvalue weighted by Crippen LogP contribution is -2.13. The molecule has 0 saturated carbocycles. The third-order valence-corrected chi connectivity index (χ3v) is 3.97. The lowest BCUT2D eigenvalue weighted by Gasteiger charge is -2.11. The largest absolute Gasteiger partial charge is 0.495 e. The molecule has 0 saturated heterocycles. The van der Waals surface area contributed by atoms with Crippen molar-refractivity contribution in [2.75, 3.05) is 12.4 Å². The third kappa shape index (κ3) is 3.35. The average Bonchev–Trinajstić information content (AvgIpc) is 3.12. The SMILES string of the molecule is COc1ccc(-c2nc3cnccc3o2)cc1NC(=O)c1cccc(F)c1. The van der Waals surface area contributed by atoms with Crippen LogP contribution in [0.4, 0.5) is 10.1 Å². The van der Waals surface area contributed by atoms with Crippen molar-refractivity contribution in [2.24, 2.45) is 0 Å². The molecule has 1 amide bonds. The first-order chi connectivity index (χ1) is 13.1. The molecule has 4 aromatic rings. The number of oxazole rings is 1. The highest BCUT2D eigenvalue weighted by atomic mass is 19.1. The van der Waals surface area contributed by atoms with Gasteiger partial charge in [-0.25, -0.2) is 9.37 Å². The van der Waals surface area contributed by atoms with Crippen molar-refractivity contribution in [1.29, 1.82) is 0 Å². The zero-order valence-corrected chi connectivity index (χ0v) is 14.3. The van der Waals surface area contributed by atoms with E-state index in [4.69, 9.17) is 9.15 Å². The van der Waals surface area contributed by atoms with Gasteiger partial charge in [0, 0.05) is 23.4 Å². The van der Waals surface area contributed by atoms with Gasteiger partial charge < -0.3 is 14.5 Å². The number of rotatable bonds is 4. The molecule has 0 spiro atoms. The molecule has 27 heavy (non-hydrogen) atoms. The summed E-state index contributed by atoms with van der Waals surface area (Å²) in [6, 6.07) is 12.3. The van der Waals surface area contributed by atoms with Crippen LogP contribution in [-0.4, -0.2) is 23.0 Å². The highest BCUT2D eigenvalue weighted by molar-refractivity contribution is 6.05. The van der Waals surface area contributed by atoms with Gasteiger partial charge in [0.05, 0.1) is 19.0 Å². The Kier molecular flexibility index (Phi) is 4.25. The van der Waals surface area contributed by atoms with E-state index in [1.165, 1.54) is 31.4 Å². The van der Waals surface area contributed by atoms with E-state index in [1.807, 2.05) is 0 Å². The van der Waals surface area contributed by atoms with Crippen LogP contribution in [0.15, 0.2) is 65.3 Å². The molecule has 0 fully saturated rings. The topological polar surface area (TPSA) is 77.2 Å². The van der Waals surface area contributed by atoms with Crippen molar-refractivity contribution in [1.82, 2.24) is 9.97 Å². The molecule has 0 aliphatic heterocycles. The van der Waals surface area contributed by atoms with Crippen molar-refractivity contribution in [3.05, 3.63) is 72.3 Å². The lowest BCUT2D eigenvalue weighted by molar-refractivity contribution is 0.102. The molecule has 6 nitrogen and oxygen atoms in total. The highest BCUT2D eigenvalue weighted by Crippen LogP contribution is 2.32. The Morgan fingerprint density at radius 2 is 2.07 bits per heavy atom. The minimum absolute atomic E-state index is 0.204. The Labute approximate surface area is 153 Å². The summed E-state index contributed by atoms with van der Waals surface area (Å²) in [6.07, 6.45) is 3.23. The first-order valence-corrected chi connectivity index (χ1v) is 8.10. The van der Waals surface area contributed by atoms with E-state index in [0.717, 1.165) is 0 Å². The fourth-order valence-electron chi connectivity index (χ4n) is 2.67. The predicted octanol–water partition coefficient (Wildman–Crippen LogP) is 4.29. The molecule has 2 aromatic carbocycles. The number of aromatic nitrogens is 2. The minimum atomic E-state index is -0.483. The number of methoxy groups -OCH3 is 1. The second kappa shape index (κ2) is 6.87. The molecule has 0 aliphatic carbocycles. The van der Waals surface area contributed by atoms with Gasteiger partial charge in [-0.05, 0) is 36.4 Å². The van der Waals surface area contributed by atoms with Crippen molar-refractivity contribution in [2.45, 2.75) is 0 Å². The second-order valence-corrected chi connectivity index (χ2v) is 5.74. The van der Waals surface area contributed by atoms with E-state index in [1.54, 1.807) is 36.7 Å². The second-order valence-electron chi connectivity index (χ2n) is 5.74. The van der Waals surface area contributed by atoms with Crippen LogP contribution in [-0.2, 0) is 0 Å². The fraction of sp³-hybridized carbons (Fsp3) is 0.0500.